The Morgan fingerprint density at radius 2 is 1.67 bits per heavy atom. The fourth-order valence-corrected chi connectivity index (χ4v) is 1.23. The molecule has 2 N–H and O–H groups in total. The molecule has 0 radical (unpaired) electrons. The molecule has 0 aromatic heterocycles. The lowest BCUT2D eigenvalue weighted by Crippen LogP contribution is -2.47. The van der Waals surface area contributed by atoms with Gasteiger partial charge in [0.05, 0.1) is 6.54 Å². The van der Waals surface area contributed by atoms with Crippen LogP contribution in [-0.4, -0.2) is 43.1 Å². The minimum absolute atomic E-state index is 0.125. The van der Waals surface area contributed by atoms with Gasteiger partial charge in [0.2, 0.25) is 0 Å². The monoisotopic (exact) mass is 249 g/mol. The van der Waals surface area contributed by atoms with E-state index in [0.29, 0.717) is 0 Å². The van der Waals surface area contributed by atoms with Crippen LogP contribution >= 0.6 is 0 Å². The van der Waals surface area contributed by atoms with E-state index in [1.807, 2.05) is 0 Å². The number of rotatable bonds is 4. The highest BCUT2D eigenvalue weighted by molar-refractivity contribution is 6.42. The predicted octanol–water partition coefficient (Wildman–Crippen LogP) is -0.422. The van der Waals surface area contributed by atoms with Gasteiger partial charge in [0, 0.05) is 5.56 Å². The summed E-state index contributed by atoms with van der Waals surface area (Å²) in [5.74, 6) is -1.96. The highest BCUT2D eigenvalue weighted by Crippen LogP contribution is 1.99. The Morgan fingerprint density at radius 1 is 1.06 bits per heavy atom. The number of carbonyl (C=O) groups is 3. The van der Waals surface area contributed by atoms with Crippen LogP contribution in [0.15, 0.2) is 30.3 Å². The predicted molar refractivity (Wildman–Crippen MR) is 65.6 cm³/mol. The maximum Gasteiger partial charge on any atom is 0.310 e. The van der Waals surface area contributed by atoms with Crippen LogP contribution < -0.4 is 10.9 Å². The van der Waals surface area contributed by atoms with Gasteiger partial charge in [-0.2, -0.15) is 0 Å². The van der Waals surface area contributed by atoms with E-state index >= 15 is 0 Å². The van der Waals surface area contributed by atoms with E-state index in [0.717, 1.165) is 0 Å². The maximum absolute atomic E-state index is 11.6. The largest absolute Gasteiger partial charge is 0.310 e. The third-order valence-corrected chi connectivity index (χ3v) is 2.02. The van der Waals surface area contributed by atoms with Crippen molar-refractivity contribution in [2.45, 2.75) is 0 Å². The zero-order valence-electron chi connectivity index (χ0n) is 10.3. The van der Waals surface area contributed by atoms with E-state index in [-0.39, 0.29) is 12.1 Å². The Morgan fingerprint density at radius 3 is 2.22 bits per heavy atom. The van der Waals surface area contributed by atoms with Crippen molar-refractivity contribution >= 4 is 17.6 Å². The molecule has 2 amide bonds. The van der Waals surface area contributed by atoms with Crippen molar-refractivity contribution in [3.63, 3.8) is 0 Å². The number of Topliss-reactive ketones (excluding diaryl/α,β-unsaturated/α-hetero) is 1. The second-order valence-corrected chi connectivity index (χ2v) is 3.94. The summed E-state index contributed by atoms with van der Waals surface area (Å²) in [4.78, 5) is 35.9. The van der Waals surface area contributed by atoms with Crippen LogP contribution in [-0.2, 0) is 9.59 Å². The summed E-state index contributed by atoms with van der Waals surface area (Å²) in [6.45, 7) is 0.125. The van der Waals surface area contributed by atoms with E-state index in [9.17, 15) is 14.4 Å². The molecule has 0 bridgehead atoms. The van der Waals surface area contributed by atoms with Crippen LogP contribution in [0.1, 0.15) is 10.4 Å². The Balaban J connectivity index is 2.47. The summed E-state index contributed by atoms with van der Waals surface area (Å²) in [7, 11) is 3.44. The van der Waals surface area contributed by atoms with Gasteiger partial charge in [-0.1, -0.05) is 30.3 Å². The summed E-state index contributed by atoms with van der Waals surface area (Å²) >= 11 is 0. The molecule has 0 saturated heterocycles. The molecule has 0 spiro atoms. The van der Waals surface area contributed by atoms with Crippen molar-refractivity contribution in [3.8, 4) is 0 Å². The molecule has 0 heterocycles. The number of hydrogen-bond acceptors (Lipinski definition) is 4. The topological polar surface area (TPSA) is 78.5 Å². The van der Waals surface area contributed by atoms with Crippen molar-refractivity contribution in [2.24, 2.45) is 0 Å². The van der Waals surface area contributed by atoms with Gasteiger partial charge in [-0.15, -0.1) is 0 Å². The summed E-state index contributed by atoms with van der Waals surface area (Å²) < 4.78 is 0. The van der Waals surface area contributed by atoms with Gasteiger partial charge < -0.3 is 4.90 Å². The second-order valence-electron chi connectivity index (χ2n) is 3.94. The summed E-state index contributed by atoms with van der Waals surface area (Å²) in [5.41, 5.74) is 4.51. The minimum Gasteiger partial charge on any atom is -0.301 e. The average molecular weight is 249 g/mol. The first-order valence-corrected chi connectivity index (χ1v) is 5.34. The van der Waals surface area contributed by atoms with Crippen LogP contribution in [0.4, 0.5) is 0 Å². The molecule has 18 heavy (non-hydrogen) atoms. The van der Waals surface area contributed by atoms with Crippen molar-refractivity contribution < 1.29 is 14.4 Å². The highest BCUT2D eigenvalue weighted by atomic mass is 16.2. The molecular weight excluding hydrogens is 234 g/mol. The van der Waals surface area contributed by atoms with Gasteiger partial charge in [0.1, 0.15) is 0 Å². The Labute approximate surface area is 105 Å². The minimum atomic E-state index is -0.867. The normalized spacial score (nSPS) is 9.94. The van der Waals surface area contributed by atoms with Crippen LogP contribution in [0.5, 0.6) is 0 Å². The number of amides is 2. The Bertz CT molecular complexity index is 443. The molecule has 0 aliphatic rings. The third kappa shape index (κ3) is 4.34. The van der Waals surface area contributed by atoms with Gasteiger partial charge in [0.25, 0.3) is 11.7 Å². The number of carbonyl (C=O) groups excluding carboxylic acids is 3. The smallest absolute Gasteiger partial charge is 0.301 e. The molecule has 0 fully saturated rings. The lowest BCUT2D eigenvalue weighted by molar-refractivity contribution is -0.127. The molecule has 0 atom stereocenters. The fourth-order valence-electron chi connectivity index (χ4n) is 1.23. The molecule has 1 aromatic carbocycles. The van der Waals surface area contributed by atoms with Crippen LogP contribution in [0.25, 0.3) is 0 Å². The molecule has 96 valence electrons. The first-order chi connectivity index (χ1) is 8.50. The lowest BCUT2D eigenvalue weighted by Gasteiger charge is -2.10. The van der Waals surface area contributed by atoms with Crippen LogP contribution in [0, 0.1) is 0 Å². The number of benzene rings is 1. The Kier molecular flexibility index (Phi) is 5.01. The van der Waals surface area contributed by atoms with E-state index in [1.54, 1.807) is 37.2 Å². The summed E-state index contributed by atoms with van der Waals surface area (Å²) in [6.07, 6.45) is 0. The van der Waals surface area contributed by atoms with Crippen molar-refractivity contribution in [3.05, 3.63) is 35.9 Å². The number of nitrogens with one attached hydrogen (secondary N) is 2. The standard InChI is InChI=1S/C12H15N3O3/c1-15(2)8-10(16)13-14-12(18)11(17)9-6-4-3-5-7-9/h3-7H,8H2,1-2H3,(H,13,16)(H,14,18). The van der Waals surface area contributed by atoms with Gasteiger partial charge in [-0.25, -0.2) is 0 Å². The van der Waals surface area contributed by atoms with Crippen molar-refractivity contribution in [1.29, 1.82) is 0 Å². The van der Waals surface area contributed by atoms with Crippen molar-refractivity contribution in [2.75, 3.05) is 20.6 Å². The average Bonchev–Trinajstić information content (AvgIpc) is 2.35. The van der Waals surface area contributed by atoms with Crippen molar-refractivity contribution in [1.82, 2.24) is 15.8 Å². The molecule has 0 saturated carbocycles. The van der Waals surface area contributed by atoms with Gasteiger partial charge in [0.15, 0.2) is 0 Å². The molecule has 0 unspecified atom stereocenters. The first-order valence-electron chi connectivity index (χ1n) is 5.34. The molecule has 1 rings (SSSR count). The molecule has 1 aromatic rings. The molecule has 0 aliphatic carbocycles. The molecule has 0 aliphatic heterocycles. The number of likely N-dealkylation sites (N-methyl/N-ethyl adjacent to an activating group) is 1. The van der Waals surface area contributed by atoms with Gasteiger partial charge in [-0.05, 0) is 14.1 Å². The van der Waals surface area contributed by atoms with E-state index in [4.69, 9.17) is 0 Å². The number of hydrogen-bond donors (Lipinski definition) is 2. The number of nitrogens with zero attached hydrogens (tertiary/aromatic N) is 1. The second kappa shape index (κ2) is 6.51. The highest BCUT2D eigenvalue weighted by Gasteiger charge is 2.16. The molecule has 6 heteroatoms. The van der Waals surface area contributed by atoms with Crippen LogP contribution in [0.2, 0.25) is 0 Å². The van der Waals surface area contributed by atoms with E-state index in [2.05, 4.69) is 10.9 Å². The number of hydrazine groups is 1. The Hall–Kier alpha value is -2.21. The zero-order chi connectivity index (χ0) is 13.5. The maximum atomic E-state index is 11.6. The quantitative estimate of drug-likeness (QED) is 0.431. The van der Waals surface area contributed by atoms with E-state index < -0.39 is 17.6 Å². The van der Waals surface area contributed by atoms with Crippen LogP contribution in [0.3, 0.4) is 0 Å². The summed E-state index contributed by atoms with van der Waals surface area (Å²) in [6, 6.07) is 8.12. The number of ketones is 1. The molecule has 6 nitrogen and oxygen atoms in total. The zero-order valence-corrected chi connectivity index (χ0v) is 10.3. The summed E-state index contributed by atoms with van der Waals surface area (Å²) in [5, 5.41) is 0. The van der Waals surface area contributed by atoms with Gasteiger partial charge in [-0.3, -0.25) is 25.2 Å². The van der Waals surface area contributed by atoms with Gasteiger partial charge >= 0.3 is 5.91 Å². The van der Waals surface area contributed by atoms with E-state index in [1.165, 1.54) is 12.1 Å². The lowest BCUT2D eigenvalue weighted by atomic mass is 10.1. The third-order valence-electron chi connectivity index (χ3n) is 2.02. The molecular formula is C12H15N3O3. The SMILES string of the molecule is CN(C)CC(=O)NNC(=O)C(=O)c1ccccc1. The fraction of sp³-hybridized carbons (Fsp3) is 0.250. The first kappa shape index (κ1) is 13.9.